The van der Waals surface area contributed by atoms with E-state index in [2.05, 4.69) is 5.10 Å². The van der Waals surface area contributed by atoms with Crippen LogP contribution in [-0.2, 0) is 14.6 Å². The monoisotopic (exact) mass is 405 g/mol. The van der Waals surface area contributed by atoms with Crippen molar-refractivity contribution in [1.29, 1.82) is 0 Å². The fraction of sp³-hybridized carbons (Fsp3) is 0.421. The topological polar surface area (TPSA) is 98.6 Å². The fourth-order valence-electron chi connectivity index (χ4n) is 3.27. The van der Waals surface area contributed by atoms with Gasteiger partial charge in [-0.1, -0.05) is 0 Å². The number of amides is 1. The van der Waals surface area contributed by atoms with Crippen LogP contribution in [0.25, 0.3) is 5.69 Å². The molecule has 1 aromatic heterocycles. The van der Waals surface area contributed by atoms with Gasteiger partial charge in [-0.15, -0.1) is 0 Å². The lowest BCUT2D eigenvalue weighted by Gasteiger charge is -2.23. The van der Waals surface area contributed by atoms with Gasteiger partial charge in [-0.05, 0) is 44.5 Å². The molecule has 8 nitrogen and oxygen atoms in total. The molecule has 1 fully saturated rings. The highest BCUT2D eigenvalue weighted by molar-refractivity contribution is 7.91. The molecule has 1 amide bonds. The normalized spacial score (nSPS) is 18.0. The summed E-state index contributed by atoms with van der Waals surface area (Å²) in [6.45, 7) is 3.80. The molecule has 0 N–H and O–H groups in total. The molecule has 28 heavy (non-hydrogen) atoms. The summed E-state index contributed by atoms with van der Waals surface area (Å²) >= 11 is 0. The van der Waals surface area contributed by atoms with Crippen LogP contribution in [0.5, 0.6) is 0 Å². The molecule has 1 aliphatic heterocycles. The molecule has 0 radical (unpaired) electrons. The van der Waals surface area contributed by atoms with Crippen LogP contribution in [0.4, 0.5) is 0 Å². The first-order valence-corrected chi connectivity index (χ1v) is 10.9. The number of carbonyl (C=O) groups is 2. The van der Waals surface area contributed by atoms with Crippen LogP contribution in [0.3, 0.4) is 0 Å². The van der Waals surface area contributed by atoms with E-state index < -0.39 is 15.8 Å². The third-order valence-corrected chi connectivity index (χ3v) is 6.69. The maximum Gasteiger partial charge on any atom is 0.341 e. The molecule has 150 valence electrons. The van der Waals surface area contributed by atoms with Gasteiger partial charge in [0.2, 0.25) is 0 Å². The Morgan fingerprint density at radius 2 is 1.96 bits per heavy atom. The molecule has 0 aliphatic carbocycles. The summed E-state index contributed by atoms with van der Waals surface area (Å²) in [5.74, 6) is -0.518. The van der Waals surface area contributed by atoms with Crippen LogP contribution < -0.4 is 0 Å². The molecule has 1 unspecified atom stereocenters. The van der Waals surface area contributed by atoms with E-state index in [0.29, 0.717) is 28.9 Å². The number of carbonyl (C=O) groups excluding carboxylic acids is 2. The lowest BCUT2D eigenvalue weighted by Crippen LogP contribution is -2.37. The lowest BCUT2D eigenvalue weighted by molar-refractivity contribution is 0.0525. The van der Waals surface area contributed by atoms with Crippen LogP contribution in [-0.4, -0.2) is 66.2 Å². The Bertz CT molecular complexity index is 995. The van der Waals surface area contributed by atoms with E-state index >= 15 is 0 Å². The van der Waals surface area contributed by atoms with Gasteiger partial charge < -0.3 is 9.64 Å². The zero-order valence-electron chi connectivity index (χ0n) is 16.1. The van der Waals surface area contributed by atoms with Crippen LogP contribution in [0, 0.1) is 6.92 Å². The predicted octanol–water partition coefficient (Wildman–Crippen LogP) is 1.62. The molecular weight excluding hydrogens is 382 g/mol. The van der Waals surface area contributed by atoms with Crippen molar-refractivity contribution in [3.63, 3.8) is 0 Å². The average Bonchev–Trinajstić information content (AvgIpc) is 3.23. The smallest absolute Gasteiger partial charge is 0.341 e. The van der Waals surface area contributed by atoms with Gasteiger partial charge in [0.05, 0.1) is 35.7 Å². The number of benzene rings is 1. The van der Waals surface area contributed by atoms with Gasteiger partial charge in [-0.25, -0.2) is 17.9 Å². The molecule has 0 saturated carbocycles. The first kappa shape index (κ1) is 20.1. The van der Waals surface area contributed by atoms with E-state index in [1.165, 1.54) is 11.1 Å². The summed E-state index contributed by atoms with van der Waals surface area (Å²) in [7, 11) is -1.43. The van der Waals surface area contributed by atoms with Gasteiger partial charge in [0.25, 0.3) is 5.91 Å². The van der Waals surface area contributed by atoms with E-state index in [1.54, 1.807) is 49.8 Å². The SMILES string of the molecule is CCOC(=O)c1cnn(-c2ccc(C(=O)N(C)C3CCS(=O)(=O)C3)cc2)c1C. The zero-order chi connectivity index (χ0) is 20.5. The Labute approximate surface area is 164 Å². The largest absolute Gasteiger partial charge is 0.462 e. The number of aromatic nitrogens is 2. The van der Waals surface area contributed by atoms with Crippen molar-refractivity contribution < 1.29 is 22.7 Å². The quantitative estimate of drug-likeness (QED) is 0.701. The highest BCUT2D eigenvalue weighted by Gasteiger charge is 2.33. The Morgan fingerprint density at radius 3 is 2.54 bits per heavy atom. The molecule has 3 rings (SSSR count). The van der Waals surface area contributed by atoms with E-state index in [9.17, 15) is 18.0 Å². The first-order valence-electron chi connectivity index (χ1n) is 9.03. The van der Waals surface area contributed by atoms with Crippen LogP contribution in [0.15, 0.2) is 30.5 Å². The lowest BCUT2D eigenvalue weighted by atomic mass is 10.1. The average molecular weight is 405 g/mol. The maximum atomic E-state index is 12.7. The van der Waals surface area contributed by atoms with Gasteiger partial charge in [0, 0.05) is 18.7 Å². The summed E-state index contributed by atoms with van der Waals surface area (Å²) in [4.78, 5) is 26.1. The molecule has 1 atom stereocenters. The van der Waals surface area contributed by atoms with Crippen molar-refractivity contribution in [3.8, 4) is 5.69 Å². The minimum absolute atomic E-state index is 0.0104. The minimum Gasteiger partial charge on any atom is -0.462 e. The van der Waals surface area contributed by atoms with Crippen molar-refractivity contribution in [1.82, 2.24) is 14.7 Å². The Morgan fingerprint density at radius 1 is 1.29 bits per heavy atom. The molecule has 2 aromatic rings. The third kappa shape index (κ3) is 3.94. The Balaban J connectivity index is 1.77. The second-order valence-corrected chi connectivity index (χ2v) is 9.02. The summed E-state index contributed by atoms with van der Waals surface area (Å²) in [6.07, 6.45) is 1.92. The predicted molar refractivity (Wildman–Crippen MR) is 103 cm³/mol. The number of esters is 1. The number of sulfone groups is 1. The molecule has 1 aromatic carbocycles. The van der Waals surface area contributed by atoms with Gasteiger partial charge in [0.1, 0.15) is 5.56 Å². The second-order valence-electron chi connectivity index (χ2n) is 6.80. The van der Waals surface area contributed by atoms with Crippen molar-refractivity contribution in [2.24, 2.45) is 0 Å². The van der Waals surface area contributed by atoms with Crippen LogP contribution >= 0.6 is 0 Å². The standard InChI is InChI=1S/C19H23N3O5S/c1-4-27-19(24)17-11-20-22(13(17)2)15-7-5-14(6-8-15)18(23)21(3)16-9-10-28(25,26)12-16/h5-8,11,16H,4,9-10,12H2,1-3H3. The number of nitrogens with zero attached hydrogens (tertiary/aromatic N) is 3. The van der Waals surface area contributed by atoms with E-state index in [0.717, 1.165) is 0 Å². The fourth-order valence-corrected chi connectivity index (χ4v) is 5.05. The molecule has 1 saturated heterocycles. The maximum absolute atomic E-state index is 12.7. The molecule has 0 spiro atoms. The van der Waals surface area contributed by atoms with Crippen molar-refractivity contribution in [2.45, 2.75) is 26.3 Å². The number of hydrogen-bond acceptors (Lipinski definition) is 6. The summed E-state index contributed by atoms with van der Waals surface area (Å²) in [6, 6.07) is 6.52. The van der Waals surface area contributed by atoms with E-state index in [4.69, 9.17) is 4.74 Å². The van der Waals surface area contributed by atoms with Crippen molar-refractivity contribution in [2.75, 3.05) is 25.2 Å². The third-order valence-electron chi connectivity index (χ3n) is 4.94. The highest BCUT2D eigenvalue weighted by Crippen LogP contribution is 2.20. The molecule has 0 bridgehead atoms. The summed E-state index contributed by atoms with van der Waals surface area (Å²) < 4.78 is 29.9. The van der Waals surface area contributed by atoms with E-state index in [-0.39, 0.29) is 30.1 Å². The van der Waals surface area contributed by atoms with E-state index in [1.807, 2.05) is 0 Å². The van der Waals surface area contributed by atoms with Gasteiger partial charge in [0.15, 0.2) is 9.84 Å². The molecular formula is C19H23N3O5S. The van der Waals surface area contributed by atoms with Gasteiger partial charge >= 0.3 is 5.97 Å². The molecule has 2 heterocycles. The van der Waals surface area contributed by atoms with Crippen molar-refractivity contribution in [3.05, 3.63) is 47.3 Å². The Kier molecular flexibility index (Phi) is 5.55. The molecule has 1 aliphatic rings. The van der Waals surface area contributed by atoms with Gasteiger partial charge in [-0.3, -0.25) is 4.79 Å². The first-order chi connectivity index (χ1) is 13.2. The molecule has 9 heteroatoms. The highest BCUT2D eigenvalue weighted by atomic mass is 32.2. The summed E-state index contributed by atoms with van der Waals surface area (Å²) in [5.41, 5.74) is 2.21. The van der Waals surface area contributed by atoms with Crippen LogP contribution in [0.2, 0.25) is 0 Å². The van der Waals surface area contributed by atoms with Gasteiger partial charge in [-0.2, -0.15) is 5.10 Å². The minimum atomic E-state index is -3.06. The number of rotatable bonds is 5. The number of ether oxygens (including phenoxy) is 1. The zero-order valence-corrected chi connectivity index (χ0v) is 16.9. The van der Waals surface area contributed by atoms with Crippen LogP contribution in [0.1, 0.15) is 39.8 Å². The Hall–Kier alpha value is -2.68. The van der Waals surface area contributed by atoms with Crippen molar-refractivity contribution >= 4 is 21.7 Å². The second kappa shape index (κ2) is 7.75. The number of hydrogen-bond donors (Lipinski definition) is 0. The summed E-state index contributed by atoms with van der Waals surface area (Å²) in [5, 5.41) is 4.23.